The Hall–Kier alpha value is -3.15. The van der Waals surface area contributed by atoms with E-state index in [0.717, 1.165) is 10.8 Å². The van der Waals surface area contributed by atoms with Crippen LogP contribution < -0.4 is 9.61 Å². The third-order valence-corrected chi connectivity index (χ3v) is 8.45. The Morgan fingerprint density at radius 2 is 2.00 bits per heavy atom. The Kier molecular flexibility index (Phi) is 8.58. The molecule has 41 heavy (non-hydrogen) atoms. The van der Waals surface area contributed by atoms with Gasteiger partial charge in [-0.05, 0) is 36.6 Å². The molecule has 2 N–H and O–H groups in total. The highest BCUT2D eigenvalue weighted by atomic mass is 32.1. The molecular formula is C28H34N5O6PS. The van der Waals surface area contributed by atoms with Crippen molar-refractivity contribution in [2.45, 2.75) is 58.9 Å². The minimum absolute atomic E-state index is 0.0283. The van der Waals surface area contributed by atoms with Gasteiger partial charge < -0.3 is 19.0 Å². The molecule has 1 aliphatic heterocycles. The van der Waals surface area contributed by atoms with Crippen LogP contribution in [0.3, 0.4) is 0 Å². The maximum absolute atomic E-state index is 14.2. The predicted molar refractivity (Wildman–Crippen MR) is 157 cm³/mol. The third kappa shape index (κ3) is 7.02. The van der Waals surface area contributed by atoms with E-state index in [1.54, 1.807) is 19.3 Å². The molecule has 1 saturated heterocycles. The molecule has 13 heteroatoms. The van der Waals surface area contributed by atoms with Gasteiger partial charge in [-0.25, -0.2) is 14.5 Å². The van der Waals surface area contributed by atoms with E-state index in [4.69, 9.17) is 30.7 Å². The lowest BCUT2D eigenvalue weighted by atomic mass is 9.99. The fraction of sp³-hybridized carbons (Fsp3) is 0.429. The quantitative estimate of drug-likeness (QED) is 0.125. The summed E-state index contributed by atoms with van der Waals surface area (Å²) < 4.78 is 40.1. The van der Waals surface area contributed by atoms with Crippen molar-refractivity contribution in [3.8, 4) is 5.75 Å². The maximum atomic E-state index is 14.2. The second kappa shape index (κ2) is 12.0. The highest BCUT2D eigenvalue weighted by Gasteiger charge is 2.36. The first-order valence-corrected chi connectivity index (χ1v) is 15.4. The smallest absolute Gasteiger partial charge is 0.459 e. The van der Waals surface area contributed by atoms with Crippen LogP contribution in [-0.2, 0) is 23.4 Å². The van der Waals surface area contributed by atoms with E-state index in [0.29, 0.717) is 34.4 Å². The van der Waals surface area contributed by atoms with E-state index < -0.39 is 19.8 Å². The molecule has 4 aromatic rings. The molecule has 218 valence electrons. The van der Waals surface area contributed by atoms with E-state index in [1.165, 1.54) is 6.33 Å². The molecule has 1 aliphatic rings. The van der Waals surface area contributed by atoms with Gasteiger partial charge in [0.25, 0.3) is 0 Å². The van der Waals surface area contributed by atoms with Gasteiger partial charge in [0.05, 0.1) is 32.0 Å². The maximum Gasteiger partial charge on any atom is 0.459 e. The normalized spacial score (nSPS) is 19.7. The Morgan fingerprint density at radius 1 is 1.22 bits per heavy atom. The van der Waals surface area contributed by atoms with Crippen LogP contribution in [0.2, 0.25) is 0 Å². The van der Waals surface area contributed by atoms with Crippen LogP contribution in [0, 0.1) is 10.1 Å². The minimum atomic E-state index is -4.08. The summed E-state index contributed by atoms with van der Waals surface area (Å²) in [4.78, 5) is 24.2. The molecular weight excluding hydrogens is 565 g/mol. The van der Waals surface area contributed by atoms with E-state index in [9.17, 15) is 9.36 Å². The topological polar surface area (TPSA) is 130 Å². The van der Waals surface area contributed by atoms with Crippen LogP contribution in [-0.4, -0.2) is 50.8 Å². The number of H-pyrrole nitrogens is 1. The van der Waals surface area contributed by atoms with Crippen molar-refractivity contribution in [3.05, 3.63) is 59.8 Å². The number of rotatable bonds is 10. The average Bonchev–Trinajstić information content (AvgIpc) is 3.58. The third-order valence-electron chi connectivity index (χ3n) is 6.53. The number of nitrogens with zero attached hydrogens (tertiary/aromatic N) is 3. The summed E-state index contributed by atoms with van der Waals surface area (Å²) in [7, 11) is -4.08. The molecule has 2 aromatic carbocycles. The Balaban J connectivity index is 1.31. The number of nitrogens with one attached hydrogen (secondary N) is 2. The van der Waals surface area contributed by atoms with Crippen LogP contribution in [0.4, 0.5) is 0 Å². The number of carbonyl (C=O) groups excluding carboxylic acids is 1. The highest BCUT2D eigenvalue weighted by Crippen LogP contribution is 2.47. The van der Waals surface area contributed by atoms with Crippen LogP contribution in [0.5, 0.6) is 5.75 Å². The van der Waals surface area contributed by atoms with Gasteiger partial charge in [0.15, 0.2) is 4.64 Å². The molecule has 0 saturated carbocycles. The summed E-state index contributed by atoms with van der Waals surface area (Å²) in [5, 5.41) is 4.46. The number of aromatic amines is 1. The van der Waals surface area contributed by atoms with Crippen molar-refractivity contribution >= 4 is 47.9 Å². The molecule has 2 aromatic heterocycles. The van der Waals surface area contributed by atoms with E-state index in [1.807, 2.05) is 61.7 Å². The zero-order chi connectivity index (χ0) is 29.2. The number of ether oxygens (including phenoxy) is 2. The fourth-order valence-electron chi connectivity index (χ4n) is 4.48. The van der Waals surface area contributed by atoms with Crippen molar-refractivity contribution in [2.24, 2.45) is 5.41 Å². The second-order valence-corrected chi connectivity index (χ2v) is 13.3. The zero-order valence-corrected chi connectivity index (χ0v) is 25.1. The van der Waals surface area contributed by atoms with Crippen LogP contribution in [0.25, 0.3) is 21.9 Å². The monoisotopic (exact) mass is 599 g/mol. The van der Waals surface area contributed by atoms with Gasteiger partial charge in [0.1, 0.15) is 29.2 Å². The number of aromatic nitrogens is 4. The standard InChI is InChI=1S/C28H34N5O6PS/c1-18(27(34)36-15-28(2,3)4)32-40(35,39-22-11-7-9-19-8-5-6-10-21(19)22)37-14-20-12-13-23(38-20)33-17-31-24-25(33)29-16-30-26(24)41/h5-11,16-18,20,23H,12-15H2,1-4H3,(H,32,35)(H,29,30,41). The molecule has 0 amide bonds. The van der Waals surface area contributed by atoms with Gasteiger partial charge in [0.2, 0.25) is 0 Å². The van der Waals surface area contributed by atoms with Crippen molar-refractivity contribution in [1.29, 1.82) is 0 Å². The first-order valence-electron chi connectivity index (χ1n) is 13.4. The summed E-state index contributed by atoms with van der Waals surface area (Å²) in [5.74, 6) is -0.186. The summed E-state index contributed by atoms with van der Waals surface area (Å²) in [5.41, 5.74) is 1.09. The Labute approximate surface area is 243 Å². The number of benzene rings is 2. The largest absolute Gasteiger partial charge is 0.464 e. The lowest BCUT2D eigenvalue weighted by Gasteiger charge is -2.25. The molecule has 0 aliphatic carbocycles. The van der Waals surface area contributed by atoms with Gasteiger partial charge in [0, 0.05) is 5.39 Å². The first kappa shape index (κ1) is 29.3. The van der Waals surface area contributed by atoms with Crippen LogP contribution in [0.15, 0.2) is 55.1 Å². The second-order valence-electron chi connectivity index (χ2n) is 11.2. The van der Waals surface area contributed by atoms with Gasteiger partial charge >= 0.3 is 13.7 Å². The van der Waals surface area contributed by atoms with Crippen molar-refractivity contribution < 1.29 is 27.9 Å². The SMILES string of the molecule is CC(NP(=O)(OCC1CCC(n2cnc3c(=S)nc[nH]c32)O1)Oc1cccc2ccccc12)C(=O)OCC(C)(C)C. The summed E-state index contributed by atoms with van der Waals surface area (Å²) in [6, 6.07) is 12.1. The Morgan fingerprint density at radius 3 is 2.80 bits per heavy atom. The van der Waals surface area contributed by atoms with Crippen LogP contribution in [0.1, 0.15) is 46.8 Å². The van der Waals surface area contributed by atoms with E-state index in [-0.39, 0.29) is 31.0 Å². The fourth-order valence-corrected chi connectivity index (χ4v) is 6.23. The molecule has 0 radical (unpaired) electrons. The molecule has 1 fully saturated rings. The molecule has 11 nitrogen and oxygen atoms in total. The number of esters is 1. The molecule has 0 bridgehead atoms. The summed E-state index contributed by atoms with van der Waals surface area (Å²) in [6.45, 7) is 7.64. The average molecular weight is 600 g/mol. The zero-order valence-electron chi connectivity index (χ0n) is 23.4. The number of imidazole rings is 1. The molecule has 4 unspecified atom stereocenters. The highest BCUT2D eigenvalue weighted by molar-refractivity contribution is 7.71. The molecule has 5 rings (SSSR count). The van der Waals surface area contributed by atoms with Crippen LogP contribution >= 0.6 is 20.0 Å². The van der Waals surface area contributed by atoms with Crippen molar-refractivity contribution in [1.82, 2.24) is 24.6 Å². The summed E-state index contributed by atoms with van der Waals surface area (Å²) >= 11 is 5.26. The van der Waals surface area contributed by atoms with Gasteiger partial charge in [-0.3, -0.25) is 13.9 Å². The lowest BCUT2D eigenvalue weighted by Crippen LogP contribution is -2.37. The van der Waals surface area contributed by atoms with Crippen molar-refractivity contribution in [2.75, 3.05) is 13.2 Å². The van der Waals surface area contributed by atoms with Crippen molar-refractivity contribution in [3.63, 3.8) is 0 Å². The number of carbonyl (C=O) groups is 1. The Bertz CT molecular complexity index is 1650. The number of hydrogen-bond acceptors (Lipinski definition) is 9. The van der Waals surface area contributed by atoms with E-state index >= 15 is 0 Å². The first-order chi connectivity index (χ1) is 19.5. The predicted octanol–water partition coefficient (Wildman–Crippen LogP) is 6.09. The van der Waals surface area contributed by atoms with Gasteiger partial charge in [-0.15, -0.1) is 0 Å². The summed E-state index contributed by atoms with van der Waals surface area (Å²) in [6.07, 6.45) is 3.82. The van der Waals surface area contributed by atoms with Gasteiger partial charge in [-0.2, -0.15) is 5.09 Å². The molecule has 4 atom stereocenters. The number of hydrogen-bond donors (Lipinski definition) is 2. The molecule has 3 heterocycles. The lowest BCUT2D eigenvalue weighted by molar-refractivity contribution is -0.148. The molecule has 0 spiro atoms. The van der Waals surface area contributed by atoms with E-state index in [2.05, 4.69) is 20.0 Å². The minimum Gasteiger partial charge on any atom is -0.464 e. The number of fused-ring (bicyclic) bond motifs is 2. The van der Waals surface area contributed by atoms with Gasteiger partial charge in [-0.1, -0.05) is 69.4 Å².